The van der Waals surface area contributed by atoms with Gasteiger partial charge in [0, 0.05) is 6.20 Å². The second kappa shape index (κ2) is 8.04. The second-order valence-electron chi connectivity index (χ2n) is 6.82. The van der Waals surface area contributed by atoms with E-state index >= 15 is 0 Å². The number of para-hydroxylation sites is 2. The summed E-state index contributed by atoms with van der Waals surface area (Å²) in [5.74, 6) is 0.447. The summed E-state index contributed by atoms with van der Waals surface area (Å²) in [6.07, 6.45) is -3.11. The van der Waals surface area contributed by atoms with Gasteiger partial charge >= 0.3 is 11.9 Å². The first-order valence-corrected chi connectivity index (χ1v) is 9.25. The molecule has 3 heterocycles. The van der Waals surface area contributed by atoms with Crippen LogP contribution >= 0.6 is 12.4 Å². The minimum atomic E-state index is -4.54. The number of ether oxygens (including phenoxy) is 1. The van der Waals surface area contributed by atoms with E-state index < -0.39 is 18.4 Å². The molecule has 0 spiro atoms. The van der Waals surface area contributed by atoms with Gasteiger partial charge in [-0.05, 0) is 48.5 Å². The zero-order valence-electron chi connectivity index (χ0n) is 16.2. The Morgan fingerprint density at radius 3 is 2.47 bits per heavy atom. The number of H-pyrrole nitrogens is 1. The highest BCUT2D eigenvalue weighted by atomic mass is 35.5. The molecular formula is C21H15ClF3N5O2. The molecule has 11 heteroatoms. The zero-order chi connectivity index (χ0) is 21.6. The Labute approximate surface area is 184 Å². The van der Waals surface area contributed by atoms with Crippen LogP contribution < -0.4 is 10.4 Å². The van der Waals surface area contributed by atoms with Crippen LogP contribution in [0.1, 0.15) is 0 Å². The van der Waals surface area contributed by atoms with E-state index in [4.69, 9.17) is 4.74 Å². The highest BCUT2D eigenvalue weighted by Crippen LogP contribution is 2.25. The number of rotatable bonds is 4. The van der Waals surface area contributed by atoms with Gasteiger partial charge in [0.1, 0.15) is 12.3 Å². The fourth-order valence-electron chi connectivity index (χ4n) is 3.40. The Bertz CT molecular complexity index is 1420. The molecule has 32 heavy (non-hydrogen) atoms. The summed E-state index contributed by atoms with van der Waals surface area (Å²) < 4.78 is 46.5. The number of fused-ring (bicyclic) bond motifs is 2. The van der Waals surface area contributed by atoms with Crippen LogP contribution in [0.2, 0.25) is 0 Å². The van der Waals surface area contributed by atoms with E-state index in [1.165, 1.54) is 18.3 Å². The van der Waals surface area contributed by atoms with Gasteiger partial charge in [-0.15, -0.1) is 12.4 Å². The fraction of sp³-hybridized carbons (Fsp3) is 0.0952. The summed E-state index contributed by atoms with van der Waals surface area (Å²) in [6.45, 7) is -1.39. The molecule has 0 aliphatic carbocycles. The Morgan fingerprint density at radius 2 is 1.75 bits per heavy atom. The lowest BCUT2D eigenvalue weighted by atomic mass is 10.3. The molecule has 0 unspecified atom stereocenters. The number of hydrogen-bond donors (Lipinski definition) is 1. The maximum absolute atomic E-state index is 13.0. The average Bonchev–Trinajstić information content (AvgIpc) is 3.26. The third-order valence-corrected chi connectivity index (χ3v) is 4.71. The number of nitrogens with zero attached hydrogens (tertiary/aromatic N) is 4. The number of alkyl halides is 3. The van der Waals surface area contributed by atoms with Gasteiger partial charge in [-0.2, -0.15) is 18.2 Å². The van der Waals surface area contributed by atoms with Crippen molar-refractivity contribution in [1.82, 2.24) is 24.1 Å². The number of benzene rings is 2. The van der Waals surface area contributed by atoms with E-state index in [1.54, 1.807) is 24.3 Å². The van der Waals surface area contributed by atoms with Gasteiger partial charge in [0.2, 0.25) is 0 Å². The van der Waals surface area contributed by atoms with Gasteiger partial charge in [-0.25, -0.2) is 14.3 Å². The molecule has 3 aromatic heterocycles. The van der Waals surface area contributed by atoms with Crippen molar-refractivity contribution in [3.05, 3.63) is 77.3 Å². The van der Waals surface area contributed by atoms with Crippen LogP contribution in [0.4, 0.5) is 13.2 Å². The average molecular weight is 462 g/mol. The first-order valence-electron chi connectivity index (χ1n) is 9.25. The molecule has 0 saturated carbocycles. The molecule has 0 radical (unpaired) electrons. The van der Waals surface area contributed by atoms with Crippen molar-refractivity contribution in [2.24, 2.45) is 0 Å². The van der Waals surface area contributed by atoms with Crippen molar-refractivity contribution in [3.8, 4) is 17.4 Å². The number of hydrogen-bond acceptors (Lipinski definition) is 4. The molecule has 5 aromatic rings. The lowest BCUT2D eigenvalue weighted by Gasteiger charge is -2.07. The second-order valence-corrected chi connectivity index (χ2v) is 6.82. The normalized spacial score (nSPS) is 11.6. The molecule has 0 amide bonds. The van der Waals surface area contributed by atoms with Gasteiger partial charge in [0.25, 0.3) is 6.01 Å². The smallest absolute Gasteiger partial charge is 0.406 e. The molecule has 0 atom stereocenters. The van der Waals surface area contributed by atoms with Crippen molar-refractivity contribution in [1.29, 1.82) is 0 Å². The summed E-state index contributed by atoms with van der Waals surface area (Å²) in [5, 5.41) is 0. The van der Waals surface area contributed by atoms with Crippen molar-refractivity contribution < 1.29 is 17.9 Å². The molecule has 0 aliphatic rings. The minimum absolute atomic E-state index is 0. The molecule has 5 rings (SSSR count). The number of nitrogens with one attached hydrogen (secondary N) is 1. The number of imidazole rings is 2. The summed E-state index contributed by atoms with van der Waals surface area (Å²) in [5.41, 5.74) is 1.37. The van der Waals surface area contributed by atoms with Gasteiger partial charge in [-0.1, -0.05) is 12.1 Å². The first kappa shape index (κ1) is 21.4. The van der Waals surface area contributed by atoms with Gasteiger partial charge in [-0.3, -0.25) is 4.57 Å². The van der Waals surface area contributed by atoms with Gasteiger partial charge < -0.3 is 9.72 Å². The van der Waals surface area contributed by atoms with Gasteiger partial charge in [0.15, 0.2) is 5.65 Å². The van der Waals surface area contributed by atoms with E-state index in [2.05, 4.69) is 15.0 Å². The first-order chi connectivity index (χ1) is 14.9. The molecule has 0 bridgehead atoms. The van der Waals surface area contributed by atoms with Crippen LogP contribution in [0, 0.1) is 0 Å². The summed E-state index contributed by atoms with van der Waals surface area (Å²) in [6, 6.07) is 17.0. The molecule has 7 nitrogen and oxygen atoms in total. The van der Waals surface area contributed by atoms with Crippen molar-refractivity contribution in [2.45, 2.75) is 12.7 Å². The quantitative estimate of drug-likeness (QED) is 0.415. The highest BCUT2D eigenvalue weighted by molar-refractivity contribution is 5.85. The van der Waals surface area contributed by atoms with Crippen LogP contribution in [0.25, 0.3) is 27.9 Å². The Hall–Kier alpha value is -3.79. The van der Waals surface area contributed by atoms with E-state index in [-0.39, 0.29) is 23.6 Å². The molecule has 0 fully saturated rings. The minimum Gasteiger partial charge on any atom is -0.426 e. The molecule has 164 valence electrons. The van der Waals surface area contributed by atoms with E-state index in [0.717, 1.165) is 15.6 Å². The third kappa shape index (κ3) is 3.92. The van der Waals surface area contributed by atoms with Crippen LogP contribution in [-0.2, 0) is 6.54 Å². The van der Waals surface area contributed by atoms with E-state index in [1.807, 2.05) is 24.3 Å². The van der Waals surface area contributed by atoms with Crippen LogP contribution in [0.15, 0.2) is 71.7 Å². The molecule has 0 aliphatic heterocycles. The maximum atomic E-state index is 13.0. The standard InChI is InChI=1S/C21H14F3N5O2.ClH/c22-21(23,24)12-28-17-6-3-11-25-18(17)29(20(28)30)13-7-9-14(10-8-13)31-19-26-15-4-1-2-5-16(15)27-19;/h1-11H,12H2,(H,26,27);1H. The molecule has 1 N–H and O–H groups in total. The Kier molecular flexibility index (Phi) is 5.39. The molecular weight excluding hydrogens is 447 g/mol. The monoisotopic (exact) mass is 461 g/mol. The van der Waals surface area contributed by atoms with Crippen LogP contribution in [0.5, 0.6) is 11.8 Å². The van der Waals surface area contributed by atoms with Gasteiger partial charge in [0.05, 0.1) is 22.2 Å². The Balaban J connectivity index is 0.00000245. The summed E-state index contributed by atoms with van der Waals surface area (Å²) in [4.78, 5) is 24.3. The van der Waals surface area contributed by atoms with Crippen molar-refractivity contribution in [2.75, 3.05) is 0 Å². The largest absolute Gasteiger partial charge is 0.426 e. The molecule has 2 aromatic carbocycles. The maximum Gasteiger partial charge on any atom is 0.406 e. The lowest BCUT2D eigenvalue weighted by molar-refractivity contribution is -0.140. The molecule has 0 saturated heterocycles. The van der Waals surface area contributed by atoms with Crippen molar-refractivity contribution >= 4 is 34.6 Å². The fourth-order valence-corrected chi connectivity index (χ4v) is 3.40. The Morgan fingerprint density at radius 1 is 1.00 bits per heavy atom. The SMILES string of the molecule is Cl.O=c1n(CC(F)(F)F)c2cccnc2n1-c1ccc(Oc2nc3ccccc3[nH]2)cc1. The number of aromatic amines is 1. The van der Waals surface area contributed by atoms with Crippen LogP contribution in [0.3, 0.4) is 0 Å². The van der Waals surface area contributed by atoms with Crippen LogP contribution in [-0.4, -0.2) is 30.3 Å². The predicted octanol–water partition coefficient (Wildman–Crippen LogP) is 4.84. The zero-order valence-corrected chi connectivity index (χ0v) is 17.0. The number of aromatic nitrogens is 5. The number of halogens is 4. The highest BCUT2D eigenvalue weighted by Gasteiger charge is 2.31. The van der Waals surface area contributed by atoms with E-state index in [9.17, 15) is 18.0 Å². The third-order valence-electron chi connectivity index (χ3n) is 4.71. The van der Waals surface area contributed by atoms with Crippen molar-refractivity contribution in [3.63, 3.8) is 0 Å². The lowest BCUT2D eigenvalue weighted by Crippen LogP contribution is -2.29. The summed E-state index contributed by atoms with van der Waals surface area (Å²) in [7, 11) is 0. The summed E-state index contributed by atoms with van der Waals surface area (Å²) >= 11 is 0. The van der Waals surface area contributed by atoms with E-state index in [0.29, 0.717) is 22.0 Å². The number of pyridine rings is 1. The predicted molar refractivity (Wildman–Crippen MR) is 115 cm³/mol. The topological polar surface area (TPSA) is 77.7 Å².